The van der Waals surface area contributed by atoms with Gasteiger partial charge in [-0.3, -0.25) is 4.79 Å². The molecular weight excluding hydrogens is 416 g/mol. The number of amides is 1. The zero-order chi connectivity index (χ0) is 22.3. The van der Waals surface area contributed by atoms with Crippen LogP contribution in [0, 0.1) is 0 Å². The van der Waals surface area contributed by atoms with Gasteiger partial charge in [0, 0.05) is 25.7 Å². The highest BCUT2D eigenvalue weighted by Crippen LogP contribution is 2.22. The molecule has 31 heavy (non-hydrogen) atoms. The summed E-state index contributed by atoms with van der Waals surface area (Å²) in [5, 5.41) is 0. The van der Waals surface area contributed by atoms with Crippen LogP contribution in [0.15, 0.2) is 53.4 Å². The van der Waals surface area contributed by atoms with E-state index in [2.05, 4.69) is 0 Å². The number of sulfonamides is 1. The Balaban J connectivity index is 1.61. The summed E-state index contributed by atoms with van der Waals surface area (Å²) in [5.74, 6) is 1.19. The predicted octanol–water partition coefficient (Wildman–Crippen LogP) is 3.41. The molecule has 0 spiro atoms. The lowest BCUT2D eigenvalue weighted by Crippen LogP contribution is -2.33. The van der Waals surface area contributed by atoms with E-state index in [0.717, 1.165) is 31.4 Å². The van der Waals surface area contributed by atoms with Crippen molar-refractivity contribution in [2.45, 2.75) is 30.6 Å². The van der Waals surface area contributed by atoms with Crippen molar-refractivity contribution in [3.63, 3.8) is 0 Å². The molecule has 2 aromatic carbocycles. The highest BCUT2D eigenvalue weighted by molar-refractivity contribution is 7.89. The predicted molar refractivity (Wildman–Crippen MR) is 119 cm³/mol. The van der Waals surface area contributed by atoms with Crippen molar-refractivity contribution >= 4 is 15.9 Å². The van der Waals surface area contributed by atoms with Gasteiger partial charge in [0.15, 0.2) is 0 Å². The van der Waals surface area contributed by atoms with Crippen LogP contribution in [-0.4, -0.2) is 63.9 Å². The van der Waals surface area contributed by atoms with E-state index in [-0.39, 0.29) is 10.8 Å². The smallest absolute Gasteiger partial charge is 0.253 e. The second-order valence-electron chi connectivity index (χ2n) is 7.60. The molecule has 0 aliphatic carbocycles. The zero-order valence-electron chi connectivity index (χ0n) is 18.1. The van der Waals surface area contributed by atoms with Crippen LogP contribution in [0.3, 0.4) is 0 Å². The minimum atomic E-state index is -3.60. The Kier molecular flexibility index (Phi) is 7.92. The first-order valence-corrected chi connectivity index (χ1v) is 12.0. The van der Waals surface area contributed by atoms with Crippen LogP contribution >= 0.6 is 0 Å². The summed E-state index contributed by atoms with van der Waals surface area (Å²) in [5.41, 5.74) is 0.350. The third-order valence-corrected chi connectivity index (χ3v) is 7.28. The molecule has 7 nitrogen and oxygen atoms in total. The molecule has 0 radical (unpaired) electrons. The number of hydrogen-bond acceptors (Lipinski definition) is 5. The molecule has 0 bridgehead atoms. The van der Waals surface area contributed by atoms with Crippen LogP contribution in [-0.2, 0) is 10.0 Å². The summed E-state index contributed by atoms with van der Waals surface area (Å²) in [6.07, 6.45) is 3.84. The maximum atomic E-state index is 13.0. The number of carbonyl (C=O) groups is 1. The molecule has 1 amide bonds. The van der Waals surface area contributed by atoms with E-state index in [1.54, 1.807) is 56.6 Å². The molecule has 1 aliphatic rings. The maximum Gasteiger partial charge on any atom is 0.253 e. The van der Waals surface area contributed by atoms with Crippen molar-refractivity contribution in [1.82, 2.24) is 9.21 Å². The number of carbonyl (C=O) groups excluding carboxylic acids is 1. The molecule has 1 aliphatic heterocycles. The van der Waals surface area contributed by atoms with Gasteiger partial charge in [-0.15, -0.1) is 0 Å². The van der Waals surface area contributed by atoms with Crippen LogP contribution in [0.2, 0.25) is 0 Å². The average molecular weight is 447 g/mol. The van der Waals surface area contributed by atoms with Crippen LogP contribution in [0.25, 0.3) is 0 Å². The SMILES string of the molecule is COc1ccc(OCCN(C)C(=O)c2cccc(S(=O)(=O)N3CCCCCC3)c2)cc1. The molecule has 0 aromatic heterocycles. The Bertz CT molecular complexity index is 968. The number of likely N-dealkylation sites (N-methyl/N-ethyl adjacent to an activating group) is 1. The Hall–Kier alpha value is -2.58. The van der Waals surface area contributed by atoms with Crippen molar-refractivity contribution in [1.29, 1.82) is 0 Å². The van der Waals surface area contributed by atoms with Gasteiger partial charge in [0.2, 0.25) is 10.0 Å². The van der Waals surface area contributed by atoms with E-state index in [1.807, 2.05) is 0 Å². The molecular formula is C23H30N2O5S. The van der Waals surface area contributed by atoms with E-state index in [0.29, 0.717) is 37.6 Å². The van der Waals surface area contributed by atoms with Gasteiger partial charge in [0.1, 0.15) is 18.1 Å². The van der Waals surface area contributed by atoms with Crippen molar-refractivity contribution in [2.75, 3.05) is 40.4 Å². The quantitative estimate of drug-likeness (QED) is 0.621. The number of nitrogens with zero attached hydrogens (tertiary/aromatic N) is 2. The number of ether oxygens (including phenoxy) is 2. The number of benzene rings is 2. The van der Waals surface area contributed by atoms with Crippen molar-refractivity contribution in [3.05, 3.63) is 54.1 Å². The summed E-state index contributed by atoms with van der Waals surface area (Å²) >= 11 is 0. The molecule has 3 rings (SSSR count). The molecule has 8 heteroatoms. The van der Waals surface area contributed by atoms with Crippen LogP contribution in [0.4, 0.5) is 0 Å². The van der Waals surface area contributed by atoms with Gasteiger partial charge in [-0.1, -0.05) is 18.9 Å². The molecule has 1 fully saturated rings. The van der Waals surface area contributed by atoms with Gasteiger partial charge in [-0.25, -0.2) is 8.42 Å². The van der Waals surface area contributed by atoms with Gasteiger partial charge in [0.05, 0.1) is 18.6 Å². The fraction of sp³-hybridized carbons (Fsp3) is 0.435. The van der Waals surface area contributed by atoms with Gasteiger partial charge in [0.25, 0.3) is 5.91 Å². The number of rotatable bonds is 8. The van der Waals surface area contributed by atoms with Crippen molar-refractivity contribution in [3.8, 4) is 11.5 Å². The van der Waals surface area contributed by atoms with Crippen molar-refractivity contribution < 1.29 is 22.7 Å². The topological polar surface area (TPSA) is 76.1 Å². The third-order valence-electron chi connectivity index (χ3n) is 5.39. The summed E-state index contributed by atoms with van der Waals surface area (Å²) in [6, 6.07) is 13.5. The van der Waals surface area contributed by atoms with Crippen LogP contribution < -0.4 is 9.47 Å². The second-order valence-corrected chi connectivity index (χ2v) is 9.53. The Morgan fingerprint density at radius 1 is 1.00 bits per heavy atom. The molecule has 0 saturated carbocycles. The average Bonchev–Trinajstić information content (AvgIpc) is 3.09. The molecule has 2 aromatic rings. The molecule has 0 atom stereocenters. The number of methoxy groups -OCH3 is 1. The van der Waals surface area contributed by atoms with E-state index in [4.69, 9.17) is 9.47 Å². The summed E-state index contributed by atoms with van der Waals surface area (Å²) in [7, 11) is -0.320. The Morgan fingerprint density at radius 3 is 2.29 bits per heavy atom. The zero-order valence-corrected chi connectivity index (χ0v) is 18.9. The minimum Gasteiger partial charge on any atom is -0.497 e. The third kappa shape index (κ3) is 5.98. The van der Waals surface area contributed by atoms with Gasteiger partial charge >= 0.3 is 0 Å². The maximum absolute atomic E-state index is 13.0. The largest absolute Gasteiger partial charge is 0.497 e. The van der Waals surface area contributed by atoms with E-state index >= 15 is 0 Å². The van der Waals surface area contributed by atoms with E-state index in [9.17, 15) is 13.2 Å². The highest BCUT2D eigenvalue weighted by Gasteiger charge is 2.26. The standard InChI is InChI=1S/C23H30N2O5S/c1-24(16-17-30-21-12-10-20(29-2)11-13-21)23(26)19-8-7-9-22(18-19)31(27,28)25-14-5-3-4-6-15-25/h7-13,18H,3-6,14-17H2,1-2H3. The first kappa shape index (κ1) is 23.1. The molecule has 168 valence electrons. The fourth-order valence-corrected chi connectivity index (χ4v) is 5.08. The molecule has 0 unspecified atom stereocenters. The van der Waals surface area contributed by atoms with Crippen molar-refractivity contribution in [2.24, 2.45) is 0 Å². The minimum absolute atomic E-state index is 0.170. The van der Waals surface area contributed by atoms with Crippen LogP contribution in [0.5, 0.6) is 11.5 Å². The highest BCUT2D eigenvalue weighted by atomic mass is 32.2. The second kappa shape index (κ2) is 10.6. The first-order valence-electron chi connectivity index (χ1n) is 10.5. The summed E-state index contributed by atoms with van der Waals surface area (Å²) in [4.78, 5) is 14.5. The molecule has 1 heterocycles. The number of hydrogen-bond donors (Lipinski definition) is 0. The molecule has 1 saturated heterocycles. The summed E-state index contributed by atoms with van der Waals surface area (Å²) < 4.78 is 38.4. The van der Waals surface area contributed by atoms with Gasteiger partial charge in [-0.2, -0.15) is 4.31 Å². The van der Waals surface area contributed by atoms with E-state index in [1.165, 1.54) is 15.3 Å². The monoisotopic (exact) mass is 446 g/mol. The van der Waals surface area contributed by atoms with Gasteiger partial charge in [-0.05, 0) is 55.3 Å². The van der Waals surface area contributed by atoms with Gasteiger partial charge < -0.3 is 14.4 Å². The Morgan fingerprint density at radius 2 is 1.65 bits per heavy atom. The lowest BCUT2D eigenvalue weighted by Gasteiger charge is -2.21. The fourth-order valence-electron chi connectivity index (χ4n) is 3.51. The normalized spacial score (nSPS) is 15.2. The van der Waals surface area contributed by atoms with Crippen LogP contribution in [0.1, 0.15) is 36.0 Å². The molecule has 0 N–H and O–H groups in total. The Labute approximate surface area is 184 Å². The lowest BCUT2D eigenvalue weighted by atomic mass is 10.2. The first-order chi connectivity index (χ1) is 14.9. The lowest BCUT2D eigenvalue weighted by molar-refractivity contribution is 0.0773. The van der Waals surface area contributed by atoms with E-state index < -0.39 is 10.0 Å². The summed E-state index contributed by atoms with van der Waals surface area (Å²) in [6.45, 7) is 1.75.